The van der Waals surface area contributed by atoms with Crippen LogP contribution in [-0.4, -0.2) is 53.8 Å². The van der Waals surface area contributed by atoms with E-state index in [1.807, 2.05) is 29.2 Å². The van der Waals surface area contributed by atoms with Gasteiger partial charge in [0.15, 0.2) is 0 Å². The number of amides is 2. The van der Waals surface area contributed by atoms with Gasteiger partial charge in [0.25, 0.3) is 0 Å². The Balaban J connectivity index is 1.41. The number of carbonyl (C=O) groups is 2. The monoisotopic (exact) mass is 399 g/mol. The molecule has 2 fully saturated rings. The van der Waals surface area contributed by atoms with Crippen molar-refractivity contribution in [3.63, 3.8) is 0 Å². The second kappa shape index (κ2) is 10.2. The minimum absolute atomic E-state index is 0.0796. The highest BCUT2D eigenvalue weighted by molar-refractivity contribution is 5.93. The lowest BCUT2D eigenvalue weighted by Crippen LogP contribution is -2.45. The summed E-state index contributed by atoms with van der Waals surface area (Å²) in [7, 11) is 0. The van der Waals surface area contributed by atoms with Crippen molar-refractivity contribution in [2.45, 2.75) is 71.3 Å². The average Bonchev–Trinajstić information content (AvgIpc) is 3.27. The Morgan fingerprint density at radius 2 is 1.66 bits per heavy atom. The maximum Gasteiger partial charge on any atom is 0.224 e. The molecule has 0 bridgehead atoms. The van der Waals surface area contributed by atoms with Gasteiger partial charge >= 0.3 is 0 Å². The topological polar surface area (TPSA) is 52.7 Å². The molecule has 1 N–H and O–H groups in total. The molecule has 0 unspecified atom stereocenters. The van der Waals surface area contributed by atoms with Crippen LogP contribution in [0.3, 0.4) is 0 Å². The lowest BCUT2D eigenvalue weighted by atomic mass is 9.89. The van der Waals surface area contributed by atoms with E-state index in [4.69, 9.17) is 0 Å². The van der Waals surface area contributed by atoms with Gasteiger partial charge in [0, 0.05) is 37.7 Å². The summed E-state index contributed by atoms with van der Waals surface area (Å²) in [5.41, 5.74) is 1.98. The molecule has 2 heterocycles. The van der Waals surface area contributed by atoms with Gasteiger partial charge < -0.3 is 15.1 Å². The molecule has 3 rings (SSSR count). The van der Waals surface area contributed by atoms with Crippen molar-refractivity contribution in [3.05, 3.63) is 29.8 Å². The molecule has 5 nitrogen and oxygen atoms in total. The molecule has 1 aromatic rings. The number of nitrogens with zero attached hydrogens (tertiary/aromatic N) is 2. The van der Waals surface area contributed by atoms with Crippen LogP contribution in [0.4, 0.5) is 5.69 Å². The predicted octanol–water partition coefficient (Wildman–Crippen LogP) is 4.25. The molecule has 29 heavy (non-hydrogen) atoms. The van der Waals surface area contributed by atoms with Gasteiger partial charge in [-0.15, -0.1) is 0 Å². The predicted molar refractivity (Wildman–Crippen MR) is 118 cm³/mol. The van der Waals surface area contributed by atoms with E-state index in [1.54, 1.807) is 0 Å². The minimum Gasteiger partial charge on any atom is -0.343 e. The van der Waals surface area contributed by atoms with Gasteiger partial charge in [0.1, 0.15) is 0 Å². The van der Waals surface area contributed by atoms with Gasteiger partial charge in [-0.2, -0.15) is 0 Å². The zero-order chi connectivity index (χ0) is 20.8. The maximum atomic E-state index is 12.6. The first kappa shape index (κ1) is 21.8. The molecular weight excluding hydrogens is 362 g/mol. The first-order chi connectivity index (χ1) is 14.0. The number of para-hydroxylation sites is 1. The Hall–Kier alpha value is -1.88. The van der Waals surface area contributed by atoms with E-state index < -0.39 is 0 Å². The van der Waals surface area contributed by atoms with Gasteiger partial charge in [0.2, 0.25) is 11.8 Å². The van der Waals surface area contributed by atoms with Crippen molar-refractivity contribution < 1.29 is 9.59 Å². The summed E-state index contributed by atoms with van der Waals surface area (Å²) in [5, 5.41) is 2.99. The number of benzene rings is 1. The first-order valence-corrected chi connectivity index (χ1v) is 11.4. The Morgan fingerprint density at radius 3 is 2.31 bits per heavy atom. The van der Waals surface area contributed by atoms with Gasteiger partial charge in [-0.3, -0.25) is 9.59 Å². The number of likely N-dealkylation sites (tertiary alicyclic amines) is 2. The standard InChI is InChI=1S/C24H37N3O2/c1-18(2)21-8-4-5-9-22(21)25-23(28)10-11-24(29)27-16-12-20(13-17-27)19(3)26-14-6-7-15-26/h4-5,8-9,18-20H,6-7,10-17H2,1-3H3,(H,25,28)/t19-/m0/s1. The Bertz CT molecular complexity index is 689. The van der Waals surface area contributed by atoms with Gasteiger partial charge in [-0.25, -0.2) is 0 Å². The highest BCUT2D eigenvalue weighted by atomic mass is 16.2. The van der Waals surface area contributed by atoms with E-state index in [0.29, 0.717) is 24.3 Å². The summed E-state index contributed by atoms with van der Waals surface area (Å²) >= 11 is 0. The normalized spacial score (nSPS) is 19.5. The first-order valence-electron chi connectivity index (χ1n) is 11.4. The Kier molecular flexibility index (Phi) is 7.70. The molecule has 2 aliphatic rings. The lowest BCUT2D eigenvalue weighted by Gasteiger charge is -2.38. The van der Waals surface area contributed by atoms with E-state index in [-0.39, 0.29) is 18.2 Å². The average molecular weight is 400 g/mol. The highest BCUT2D eigenvalue weighted by Gasteiger charge is 2.30. The Labute approximate surface area is 175 Å². The molecule has 0 radical (unpaired) electrons. The Morgan fingerprint density at radius 1 is 1.00 bits per heavy atom. The summed E-state index contributed by atoms with van der Waals surface area (Å²) in [6.45, 7) is 10.7. The van der Waals surface area contributed by atoms with Gasteiger partial charge in [0.05, 0.1) is 0 Å². The zero-order valence-corrected chi connectivity index (χ0v) is 18.3. The zero-order valence-electron chi connectivity index (χ0n) is 18.3. The summed E-state index contributed by atoms with van der Waals surface area (Å²) in [5.74, 6) is 1.07. The molecule has 2 amide bonds. The van der Waals surface area contributed by atoms with Crippen LogP contribution >= 0.6 is 0 Å². The van der Waals surface area contributed by atoms with Gasteiger partial charge in [-0.1, -0.05) is 32.0 Å². The number of hydrogen-bond acceptors (Lipinski definition) is 3. The third-order valence-electron chi connectivity index (χ3n) is 6.71. The molecule has 1 aromatic carbocycles. The lowest BCUT2D eigenvalue weighted by molar-refractivity contribution is -0.134. The van der Waals surface area contributed by atoms with Crippen molar-refractivity contribution in [2.24, 2.45) is 5.92 Å². The minimum atomic E-state index is -0.0796. The van der Waals surface area contributed by atoms with Crippen LogP contribution in [0, 0.1) is 5.92 Å². The van der Waals surface area contributed by atoms with E-state index in [1.165, 1.54) is 25.9 Å². The number of hydrogen-bond donors (Lipinski definition) is 1. The molecule has 0 spiro atoms. The van der Waals surface area contributed by atoms with Crippen LogP contribution < -0.4 is 5.32 Å². The second-order valence-corrected chi connectivity index (χ2v) is 8.99. The third-order valence-corrected chi connectivity index (χ3v) is 6.71. The summed E-state index contributed by atoms with van der Waals surface area (Å²) in [4.78, 5) is 29.5. The van der Waals surface area contributed by atoms with E-state index in [0.717, 1.165) is 37.2 Å². The largest absolute Gasteiger partial charge is 0.343 e. The van der Waals surface area contributed by atoms with E-state index in [9.17, 15) is 9.59 Å². The summed E-state index contributed by atoms with van der Waals surface area (Å²) in [6.07, 6.45) is 5.35. The fourth-order valence-electron chi connectivity index (χ4n) is 4.78. The van der Waals surface area contributed by atoms with Crippen molar-refractivity contribution in [2.75, 3.05) is 31.5 Å². The number of rotatable bonds is 7. The molecular formula is C24H37N3O2. The fourth-order valence-corrected chi connectivity index (χ4v) is 4.78. The van der Waals surface area contributed by atoms with Crippen LogP contribution in [0.1, 0.15) is 70.8 Å². The van der Waals surface area contributed by atoms with Crippen LogP contribution in [0.25, 0.3) is 0 Å². The molecule has 160 valence electrons. The third kappa shape index (κ3) is 5.81. The SMILES string of the molecule is CC(C)c1ccccc1NC(=O)CCC(=O)N1CCC([C@H](C)N2CCCC2)CC1. The number of nitrogens with one attached hydrogen (secondary N) is 1. The van der Waals surface area contributed by atoms with Crippen LogP contribution in [0.15, 0.2) is 24.3 Å². The molecule has 0 saturated carbocycles. The summed E-state index contributed by atoms with van der Waals surface area (Å²) in [6, 6.07) is 8.52. The molecule has 2 saturated heterocycles. The number of anilines is 1. The number of piperidine rings is 1. The van der Waals surface area contributed by atoms with Crippen LogP contribution in [0.2, 0.25) is 0 Å². The van der Waals surface area contributed by atoms with Gasteiger partial charge in [-0.05, 0) is 69.2 Å². The second-order valence-electron chi connectivity index (χ2n) is 8.99. The molecule has 2 aliphatic heterocycles. The highest BCUT2D eigenvalue weighted by Crippen LogP contribution is 2.27. The maximum absolute atomic E-state index is 12.6. The van der Waals surface area contributed by atoms with Crippen molar-refractivity contribution in [3.8, 4) is 0 Å². The fraction of sp³-hybridized carbons (Fsp3) is 0.667. The summed E-state index contributed by atoms with van der Waals surface area (Å²) < 4.78 is 0. The van der Waals surface area contributed by atoms with Crippen molar-refractivity contribution in [1.82, 2.24) is 9.80 Å². The van der Waals surface area contributed by atoms with Crippen molar-refractivity contribution in [1.29, 1.82) is 0 Å². The molecule has 1 atom stereocenters. The van der Waals surface area contributed by atoms with E-state index >= 15 is 0 Å². The molecule has 5 heteroatoms. The smallest absolute Gasteiger partial charge is 0.224 e. The van der Waals surface area contributed by atoms with E-state index in [2.05, 4.69) is 31.0 Å². The molecule has 0 aromatic heterocycles. The van der Waals surface area contributed by atoms with Crippen molar-refractivity contribution >= 4 is 17.5 Å². The van der Waals surface area contributed by atoms with Crippen LogP contribution in [-0.2, 0) is 9.59 Å². The quantitative estimate of drug-likeness (QED) is 0.746. The number of carbonyl (C=O) groups excluding carboxylic acids is 2. The molecule has 0 aliphatic carbocycles. The van der Waals surface area contributed by atoms with Crippen LogP contribution in [0.5, 0.6) is 0 Å².